The minimum atomic E-state index is -1.18. The van der Waals surface area contributed by atoms with E-state index in [-0.39, 0.29) is 11.3 Å². The average molecular weight is 508 g/mol. The first-order chi connectivity index (χ1) is 18.4. The minimum absolute atomic E-state index is 0.157. The highest BCUT2D eigenvalue weighted by Crippen LogP contribution is 2.48. The molecule has 1 saturated carbocycles. The summed E-state index contributed by atoms with van der Waals surface area (Å²) in [4.78, 5) is 24.6. The number of nitrogens with one attached hydrogen (secondary N) is 1. The molecule has 1 aliphatic rings. The number of aromatic amines is 1. The number of hydrogen-bond acceptors (Lipinski definition) is 6. The van der Waals surface area contributed by atoms with Crippen molar-refractivity contribution in [1.82, 2.24) is 10.2 Å². The van der Waals surface area contributed by atoms with Crippen molar-refractivity contribution in [2.75, 3.05) is 0 Å². The maximum atomic E-state index is 13.1. The fourth-order valence-corrected chi connectivity index (χ4v) is 4.90. The highest BCUT2D eigenvalue weighted by atomic mass is 16.6. The molecule has 3 N–H and O–H groups in total. The zero-order chi connectivity index (χ0) is 26.4. The van der Waals surface area contributed by atoms with Crippen LogP contribution in [0.3, 0.4) is 0 Å². The first kappa shape index (κ1) is 23.5. The third-order valence-electron chi connectivity index (χ3n) is 6.77. The van der Waals surface area contributed by atoms with Crippen LogP contribution >= 0.6 is 0 Å². The van der Waals surface area contributed by atoms with Crippen molar-refractivity contribution in [3.8, 4) is 33.9 Å². The molecule has 2 heterocycles. The number of hydrogen-bond donors (Lipinski definition) is 2. The Balaban J connectivity index is 1.49. The molecule has 0 bridgehead atoms. The number of carbonyl (C=O) groups excluding carboxylic acids is 2. The van der Waals surface area contributed by atoms with Crippen LogP contribution in [0.2, 0.25) is 0 Å². The maximum absolute atomic E-state index is 13.1. The van der Waals surface area contributed by atoms with E-state index in [1.165, 1.54) is 0 Å². The van der Waals surface area contributed by atoms with Gasteiger partial charge < -0.3 is 19.6 Å². The van der Waals surface area contributed by atoms with Gasteiger partial charge in [0.25, 0.3) is 0 Å². The Labute approximate surface area is 218 Å². The fourth-order valence-electron chi connectivity index (χ4n) is 4.90. The van der Waals surface area contributed by atoms with Crippen LogP contribution in [0.25, 0.3) is 33.4 Å². The van der Waals surface area contributed by atoms with Crippen LogP contribution in [0, 0.1) is 13.8 Å². The Kier molecular flexibility index (Phi) is 5.72. The lowest BCUT2D eigenvalue weighted by atomic mass is 9.93. The molecule has 0 aliphatic heterocycles. The van der Waals surface area contributed by atoms with Crippen molar-refractivity contribution in [2.24, 2.45) is 5.73 Å². The van der Waals surface area contributed by atoms with Gasteiger partial charge in [0.15, 0.2) is 0 Å². The number of fused-ring (bicyclic) bond motifs is 1. The number of rotatable bonds is 6. The molecule has 3 aromatic carbocycles. The van der Waals surface area contributed by atoms with E-state index in [0.29, 0.717) is 33.9 Å². The zero-order valence-corrected chi connectivity index (χ0v) is 20.9. The second-order valence-electron chi connectivity index (χ2n) is 9.47. The van der Waals surface area contributed by atoms with E-state index in [0.717, 1.165) is 40.9 Å². The molecular formula is C30H25N3O5. The molecule has 1 aliphatic carbocycles. The van der Waals surface area contributed by atoms with Gasteiger partial charge in [-0.2, -0.15) is 5.10 Å². The lowest BCUT2D eigenvalue weighted by Crippen LogP contribution is -2.18. The molecule has 8 nitrogen and oxygen atoms in total. The van der Waals surface area contributed by atoms with Crippen LogP contribution < -0.4 is 10.5 Å². The van der Waals surface area contributed by atoms with Gasteiger partial charge in [-0.15, -0.1) is 0 Å². The van der Waals surface area contributed by atoms with Crippen molar-refractivity contribution in [3.63, 3.8) is 0 Å². The number of aryl methyl sites for hydroxylation is 2. The molecular weight excluding hydrogens is 482 g/mol. The molecule has 6 rings (SSSR count). The van der Waals surface area contributed by atoms with Crippen molar-refractivity contribution in [2.45, 2.75) is 32.6 Å². The summed E-state index contributed by atoms with van der Waals surface area (Å²) in [6.07, 6.45) is 0.942. The largest absolute Gasteiger partial charge is 0.457 e. The van der Waals surface area contributed by atoms with Crippen LogP contribution in [-0.4, -0.2) is 22.3 Å². The highest BCUT2D eigenvalue weighted by Gasteiger charge is 2.32. The number of primary amides is 1. The number of aromatic nitrogens is 2. The Morgan fingerprint density at radius 3 is 2.34 bits per heavy atom. The average Bonchev–Trinajstić information content (AvgIpc) is 3.60. The molecule has 5 aromatic rings. The third-order valence-corrected chi connectivity index (χ3v) is 6.77. The van der Waals surface area contributed by atoms with Crippen LogP contribution in [0.15, 0.2) is 71.1 Å². The van der Waals surface area contributed by atoms with Crippen molar-refractivity contribution >= 4 is 23.0 Å². The van der Waals surface area contributed by atoms with E-state index in [1.54, 1.807) is 24.3 Å². The van der Waals surface area contributed by atoms with Crippen LogP contribution in [0.4, 0.5) is 4.79 Å². The van der Waals surface area contributed by atoms with Gasteiger partial charge in [0.05, 0.1) is 5.69 Å². The van der Waals surface area contributed by atoms with Gasteiger partial charge in [0.1, 0.15) is 28.4 Å². The predicted molar refractivity (Wildman–Crippen MR) is 142 cm³/mol. The maximum Gasteiger partial charge on any atom is 0.412 e. The molecule has 1 amide bonds. The van der Waals surface area contributed by atoms with E-state index in [9.17, 15) is 9.59 Å². The van der Waals surface area contributed by atoms with Gasteiger partial charge in [-0.1, -0.05) is 18.2 Å². The molecule has 0 radical (unpaired) electrons. The number of nitrogens with zero attached hydrogens (tertiary/aromatic N) is 1. The zero-order valence-electron chi connectivity index (χ0n) is 20.9. The molecule has 0 atom stereocenters. The van der Waals surface area contributed by atoms with E-state index in [4.69, 9.17) is 19.6 Å². The molecule has 38 heavy (non-hydrogen) atoms. The molecule has 8 heteroatoms. The highest BCUT2D eigenvalue weighted by molar-refractivity contribution is 6.12. The molecule has 0 unspecified atom stereocenters. The first-order valence-electron chi connectivity index (χ1n) is 12.4. The number of benzene rings is 3. The Hall–Kier alpha value is -4.85. The number of furan rings is 1. The summed E-state index contributed by atoms with van der Waals surface area (Å²) in [6.45, 7) is 3.94. The lowest BCUT2D eigenvalue weighted by molar-refractivity contribution is 0.0640. The molecule has 0 saturated heterocycles. The topological polar surface area (TPSA) is 120 Å². The standard InChI is InChI=1S/C30H25N3O5/c1-16-26(17(2)33-32-16)23-15-25-24(14-22(23)18-8-9-18)27(29(34)38-30(31)35)28(37-25)19-10-12-21(13-11-19)36-20-6-4-3-5-7-20/h3-7,10-15,18H,8-9H2,1-2H3,(H2,31,35)(H,32,33). The minimum Gasteiger partial charge on any atom is -0.457 e. The third kappa shape index (κ3) is 4.30. The number of H-pyrrole nitrogens is 1. The predicted octanol–water partition coefficient (Wildman–Crippen LogP) is 7.01. The first-order valence-corrected chi connectivity index (χ1v) is 12.4. The lowest BCUT2D eigenvalue weighted by Gasteiger charge is -2.10. The second kappa shape index (κ2) is 9.23. The summed E-state index contributed by atoms with van der Waals surface area (Å²) in [6, 6.07) is 20.5. The molecule has 2 aromatic heterocycles. The second-order valence-corrected chi connectivity index (χ2v) is 9.47. The van der Waals surface area contributed by atoms with E-state index >= 15 is 0 Å². The summed E-state index contributed by atoms with van der Waals surface area (Å²) in [7, 11) is 0. The van der Waals surface area contributed by atoms with E-state index < -0.39 is 12.1 Å². The van der Waals surface area contributed by atoms with Crippen LogP contribution in [-0.2, 0) is 4.74 Å². The SMILES string of the molecule is Cc1n[nH]c(C)c1-c1cc2oc(-c3ccc(Oc4ccccc4)cc3)c(C(=O)OC(N)=O)c2cc1C1CC1. The Bertz CT molecular complexity index is 1660. The summed E-state index contributed by atoms with van der Waals surface area (Å²) >= 11 is 0. The van der Waals surface area contributed by atoms with Gasteiger partial charge in [-0.05, 0) is 92.3 Å². The fraction of sp³-hybridized carbons (Fsp3) is 0.167. The summed E-state index contributed by atoms with van der Waals surface area (Å²) in [5.41, 5.74) is 11.5. The Morgan fingerprint density at radius 2 is 1.71 bits per heavy atom. The van der Waals surface area contributed by atoms with Gasteiger partial charge >= 0.3 is 12.1 Å². The summed E-state index contributed by atoms with van der Waals surface area (Å²) < 4.78 is 17.0. The number of amides is 1. The summed E-state index contributed by atoms with van der Waals surface area (Å²) in [5, 5.41) is 8.00. The number of nitrogens with two attached hydrogens (primary N) is 1. The molecule has 0 spiro atoms. The van der Waals surface area contributed by atoms with Gasteiger partial charge in [-0.3, -0.25) is 5.10 Å². The van der Waals surface area contributed by atoms with Crippen LogP contribution in [0.5, 0.6) is 11.5 Å². The van der Waals surface area contributed by atoms with Crippen LogP contribution in [0.1, 0.15) is 46.1 Å². The number of ether oxygens (including phenoxy) is 2. The van der Waals surface area contributed by atoms with Crippen molar-refractivity contribution in [1.29, 1.82) is 0 Å². The monoisotopic (exact) mass is 507 g/mol. The number of carbonyl (C=O) groups is 2. The van der Waals surface area contributed by atoms with E-state index in [1.807, 2.05) is 56.3 Å². The normalized spacial score (nSPS) is 13.0. The number of para-hydroxylation sites is 1. The number of esters is 1. The summed E-state index contributed by atoms with van der Waals surface area (Å²) in [5.74, 6) is 1.13. The van der Waals surface area contributed by atoms with Gasteiger partial charge in [0.2, 0.25) is 0 Å². The molecule has 1 fully saturated rings. The van der Waals surface area contributed by atoms with E-state index in [2.05, 4.69) is 10.2 Å². The quantitative estimate of drug-likeness (QED) is 0.188. The smallest absolute Gasteiger partial charge is 0.412 e. The Morgan fingerprint density at radius 1 is 1.00 bits per heavy atom. The van der Waals surface area contributed by atoms with Crippen molar-refractivity contribution < 1.29 is 23.5 Å². The van der Waals surface area contributed by atoms with Gasteiger partial charge in [-0.25, -0.2) is 9.59 Å². The van der Waals surface area contributed by atoms with Gasteiger partial charge in [0, 0.05) is 22.2 Å². The van der Waals surface area contributed by atoms with Crippen molar-refractivity contribution in [3.05, 3.63) is 89.2 Å². The molecule has 190 valence electrons.